The van der Waals surface area contributed by atoms with E-state index >= 15 is 0 Å². The molecule has 0 spiro atoms. The van der Waals surface area contributed by atoms with Gasteiger partial charge in [0.15, 0.2) is 23.7 Å². The lowest BCUT2D eigenvalue weighted by Crippen LogP contribution is -2.18. The van der Waals surface area contributed by atoms with Crippen LogP contribution in [0.1, 0.15) is 10.4 Å². The smallest absolute Gasteiger partial charge is 0.405 e. The maximum Gasteiger partial charge on any atom is 0.573 e. The fourth-order valence-corrected chi connectivity index (χ4v) is 1.76. The molecule has 0 N–H and O–H groups in total. The minimum atomic E-state index is -4.99. The van der Waals surface area contributed by atoms with Gasteiger partial charge >= 0.3 is 6.36 Å². The maximum absolute atomic E-state index is 13.2. The monoisotopic (exact) mass is 320 g/mol. The molecule has 0 aromatic heterocycles. The van der Waals surface area contributed by atoms with Gasteiger partial charge in [0.2, 0.25) is 0 Å². The average molecular weight is 320 g/mol. The van der Waals surface area contributed by atoms with E-state index in [9.17, 15) is 31.1 Å². The number of rotatable bonds is 3. The summed E-state index contributed by atoms with van der Waals surface area (Å²) in [6, 6.07) is 4.14. The first-order valence-corrected chi connectivity index (χ1v) is 5.71. The zero-order valence-electron chi connectivity index (χ0n) is 10.5. The highest BCUT2D eigenvalue weighted by atomic mass is 19.4. The fraction of sp³-hybridized carbons (Fsp3) is 0.0714. The quantitative estimate of drug-likeness (QED) is 0.473. The second-order valence-electron chi connectivity index (χ2n) is 4.17. The van der Waals surface area contributed by atoms with Crippen molar-refractivity contribution in [2.45, 2.75) is 6.36 Å². The van der Waals surface area contributed by atoms with Crippen molar-refractivity contribution >= 4 is 6.29 Å². The van der Waals surface area contributed by atoms with Gasteiger partial charge in [-0.2, -0.15) is 0 Å². The molecule has 2 aromatic carbocycles. The standard InChI is InChI=1S/C14H6F6O2/c15-10-4-8(5-11(16)13(10)17)7-1-2-12(9(3-7)6-21)22-14(18,19)20/h1-6H. The van der Waals surface area contributed by atoms with Gasteiger partial charge < -0.3 is 4.74 Å². The van der Waals surface area contributed by atoms with Crippen molar-refractivity contribution in [1.29, 1.82) is 0 Å². The molecule has 116 valence electrons. The third-order valence-corrected chi connectivity index (χ3v) is 2.68. The molecule has 8 heteroatoms. The summed E-state index contributed by atoms with van der Waals surface area (Å²) in [4.78, 5) is 10.8. The van der Waals surface area contributed by atoms with Crippen molar-refractivity contribution in [1.82, 2.24) is 0 Å². The molecule has 0 radical (unpaired) electrons. The number of carbonyl (C=O) groups excluding carboxylic acids is 1. The van der Waals surface area contributed by atoms with Gasteiger partial charge in [-0.3, -0.25) is 4.79 Å². The molecule has 0 aliphatic heterocycles. The van der Waals surface area contributed by atoms with Gasteiger partial charge in [-0.05, 0) is 35.4 Å². The highest BCUT2D eigenvalue weighted by Crippen LogP contribution is 2.30. The van der Waals surface area contributed by atoms with Gasteiger partial charge in [0.25, 0.3) is 0 Å². The first-order chi connectivity index (χ1) is 10.2. The molecule has 0 fully saturated rings. The van der Waals surface area contributed by atoms with Crippen LogP contribution in [-0.2, 0) is 0 Å². The number of ether oxygens (including phenoxy) is 1. The van der Waals surface area contributed by atoms with Gasteiger partial charge in [-0.1, -0.05) is 6.07 Å². The summed E-state index contributed by atoms with van der Waals surface area (Å²) >= 11 is 0. The Morgan fingerprint density at radius 3 is 2.00 bits per heavy atom. The molecule has 22 heavy (non-hydrogen) atoms. The van der Waals surface area contributed by atoms with E-state index in [1.807, 2.05) is 0 Å². The second-order valence-corrected chi connectivity index (χ2v) is 4.17. The molecule has 0 unspecified atom stereocenters. The van der Waals surface area contributed by atoms with Gasteiger partial charge in [-0.15, -0.1) is 13.2 Å². The van der Waals surface area contributed by atoms with E-state index < -0.39 is 35.1 Å². The van der Waals surface area contributed by atoms with Crippen LogP contribution >= 0.6 is 0 Å². The van der Waals surface area contributed by atoms with Crippen LogP contribution in [0.25, 0.3) is 11.1 Å². The van der Waals surface area contributed by atoms with Crippen LogP contribution in [0.3, 0.4) is 0 Å². The lowest BCUT2D eigenvalue weighted by molar-refractivity contribution is -0.274. The third kappa shape index (κ3) is 3.38. The van der Waals surface area contributed by atoms with Gasteiger partial charge in [0.1, 0.15) is 5.75 Å². The van der Waals surface area contributed by atoms with Crippen molar-refractivity contribution in [3.05, 3.63) is 53.3 Å². The molecule has 0 amide bonds. The molecule has 0 aliphatic rings. The van der Waals surface area contributed by atoms with Gasteiger partial charge in [-0.25, -0.2) is 13.2 Å². The van der Waals surface area contributed by atoms with Crippen molar-refractivity contribution in [2.75, 3.05) is 0 Å². The number of aldehydes is 1. The molecule has 2 nitrogen and oxygen atoms in total. The lowest BCUT2D eigenvalue weighted by atomic mass is 10.0. The van der Waals surface area contributed by atoms with E-state index in [1.165, 1.54) is 0 Å². The Balaban J connectivity index is 2.48. The summed E-state index contributed by atoms with van der Waals surface area (Å²) in [6.07, 6.45) is -4.89. The zero-order valence-corrected chi connectivity index (χ0v) is 10.5. The minimum Gasteiger partial charge on any atom is -0.405 e. The van der Waals surface area contributed by atoms with Crippen molar-refractivity contribution in [3.63, 3.8) is 0 Å². The SMILES string of the molecule is O=Cc1cc(-c2cc(F)c(F)c(F)c2)ccc1OC(F)(F)F. The van der Waals surface area contributed by atoms with Crippen LogP contribution in [0, 0.1) is 17.5 Å². The predicted molar refractivity (Wildman–Crippen MR) is 63.8 cm³/mol. The molecule has 2 aromatic rings. The van der Waals surface area contributed by atoms with Crippen LogP contribution in [0.4, 0.5) is 26.3 Å². The summed E-state index contributed by atoms with van der Waals surface area (Å²) in [5.41, 5.74) is -0.590. The van der Waals surface area contributed by atoms with Gasteiger partial charge in [0, 0.05) is 0 Å². The topological polar surface area (TPSA) is 26.3 Å². The Morgan fingerprint density at radius 2 is 1.50 bits per heavy atom. The van der Waals surface area contributed by atoms with Crippen LogP contribution in [0.15, 0.2) is 30.3 Å². The number of benzene rings is 2. The summed E-state index contributed by atoms with van der Waals surface area (Å²) in [5.74, 6) is -5.35. The van der Waals surface area contributed by atoms with E-state index in [0.29, 0.717) is 12.1 Å². The Labute approximate surface area is 119 Å². The summed E-state index contributed by atoms with van der Waals surface area (Å²) < 4.78 is 79.3. The van der Waals surface area contributed by atoms with Crippen LogP contribution in [-0.4, -0.2) is 12.6 Å². The number of hydrogen-bond donors (Lipinski definition) is 0. The molecule has 0 aliphatic carbocycles. The lowest BCUT2D eigenvalue weighted by Gasteiger charge is -2.12. The van der Waals surface area contributed by atoms with E-state index in [4.69, 9.17) is 0 Å². The highest BCUT2D eigenvalue weighted by molar-refractivity contribution is 5.83. The second kappa shape index (κ2) is 5.70. The summed E-state index contributed by atoms with van der Waals surface area (Å²) in [7, 11) is 0. The number of carbonyl (C=O) groups is 1. The molecule has 0 heterocycles. The van der Waals surface area contributed by atoms with Crippen molar-refractivity contribution < 1.29 is 35.9 Å². The summed E-state index contributed by atoms with van der Waals surface area (Å²) in [5, 5.41) is 0. The van der Waals surface area contributed by atoms with E-state index in [0.717, 1.165) is 18.2 Å². The first-order valence-electron chi connectivity index (χ1n) is 5.71. The zero-order chi connectivity index (χ0) is 16.5. The van der Waals surface area contributed by atoms with Crippen LogP contribution in [0.2, 0.25) is 0 Å². The van der Waals surface area contributed by atoms with Crippen LogP contribution < -0.4 is 4.74 Å². The van der Waals surface area contributed by atoms with E-state index in [1.54, 1.807) is 0 Å². The molecule has 0 saturated carbocycles. The highest BCUT2D eigenvalue weighted by Gasteiger charge is 2.32. The number of hydrogen-bond acceptors (Lipinski definition) is 2. The van der Waals surface area contributed by atoms with E-state index in [2.05, 4.69) is 4.74 Å². The fourth-order valence-electron chi connectivity index (χ4n) is 1.76. The number of alkyl halides is 3. The maximum atomic E-state index is 13.2. The third-order valence-electron chi connectivity index (χ3n) is 2.68. The first kappa shape index (κ1) is 15.9. The normalized spacial score (nSPS) is 11.4. The van der Waals surface area contributed by atoms with Gasteiger partial charge in [0.05, 0.1) is 5.56 Å². The summed E-state index contributed by atoms with van der Waals surface area (Å²) in [6.45, 7) is 0. The Kier molecular flexibility index (Phi) is 4.11. The Morgan fingerprint density at radius 1 is 0.909 bits per heavy atom. The minimum absolute atomic E-state index is 0.0226. The van der Waals surface area contributed by atoms with E-state index in [-0.39, 0.29) is 17.4 Å². The molecule has 0 atom stereocenters. The molecule has 0 saturated heterocycles. The van der Waals surface area contributed by atoms with Crippen molar-refractivity contribution in [3.8, 4) is 16.9 Å². The number of halogens is 6. The molecular weight excluding hydrogens is 314 g/mol. The largest absolute Gasteiger partial charge is 0.573 e. The average Bonchev–Trinajstić information content (AvgIpc) is 2.43. The Hall–Kier alpha value is -2.51. The Bertz CT molecular complexity index is 701. The van der Waals surface area contributed by atoms with Crippen molar-refractivity contribution in [2.24, 2.45) is 0 Å². The van der Waals surface area contributed by atoms with Crippen LogP contribution in [0.5, 0.6) is 5.75 Å². The molecule has 2 rings (SSSR count). The predicted octanol–water partition coefficient (Wildman–Crippen LogP) is 4.48. The molecular formula is C14H6F6O2. The molecule has 0 bridgehead atoms.